The van der Waals surface area contributed by atoms with Crippen molar-refractivity contribution in [3.8, 4) is 0 Å². The maximum absolute atomic E-state index is 13.3. The third kappa shape index (κ3) is 4.51. The van der Waals surface area contributed by atoms with Gasteiger partial charge in [0, 0.05) is 19.3 Å². The Hall–Kier alpha value is -2.07. The summed E-state index contributed by atoms with van der Waals surface area (Å²) >= 11 is 0. The number of nitrogens with one attached hydrogen (secondary N) is 1. The number of hydrogen-bond donors (Lipinski definition) is 1. The molecule has 0 amide bonds. The van der Waals surface area contributed by atoms with Crippen LogP contribution in [0.15, 0.2) is 29.3 Å². The van der Waals surface area contributed by atoms with Crippen LogP contribution in [-0.2, 0) is 29.8 Å². The largest absolute Gasteiger partial charge is 0.416 e. The summed E-state index contributed by atoms with van der Waals surface area (Å²) < 4.78 is 68.0. The summed E-state index contributed by atoms with van der Waals surface area (Å²) in [5.41, 5.74) is -0.478. The summed E-state index contributed by atoms with van der Waals surface area (Å²) in [5.74, 6) is 0. The lowest BCUT2D eigenvalue weighted by atomic mass is 10.1. The molecule has 0 saturated heterocycles. The number of hydrogen-bond acceptors (Lipinski definition) is 4. The van der Waals surface area contributed by atoms with Crippen molar-refractivity contribution in [2.45, 2.75) is 24.7 Å². The quantitative estimate of drug-likeness (QED) is 0.871. The summed E-state index contributed by atoms with van der Waals surface area (Å²) in [6, 6.07) is 4.73. The lowest BCUT2D eigenvalue weighted by Gasteiger charge is -2.18. The van der Waals surface area contributed by atoms with Gasteiger partial charge in [-0.2, -0.15) is 26.7 Å². The number of benzene rings is 1. The van der Waals surface area contributed by atoms with Crippen LogP contribution in [0.5, 0.6) is 0 Å². The minimum Gasteiger partial charge on any atom is -0.305 e. The molecule has 1 aromatic heterocycles. The highest BCUT2D eigenvalue weighted by Gasteiger charge is 2.34. The van der Waals surface area contributed by atoms with E-state index in [1.54, 1.807) is 25.9 Å². The van der Waals surface area contributed by atoms with Crippen LogP contribution < -0.4 is 4.72 Å². The molecule has 138 valence electrons. The first-order chi connectivity index (χ1) is 11.4. The molecule has 2 rings (SSSR count). The third-order valence-electron chi connectivity index (χ3n) is 3.39. The molecule has 2 aromatic rings. The van der Waals surface area contributed by atoms with Gasteiger partial charge < -0.3 is 4.90 Å². The Bertz CT molecular complexity index is 873. The van der Waals surface area contributed by atoms with Crippen LogP contribution in [0.1, 0.15) is 16.8 Å². The fourth-order valence-electron chi connectivity index (χ4n) is 2.43. The summed E-state index contributed by atoms with van der Waals surface area (Å²) in [6.07, 6.45) is -4.59. The van der Waals surface area contributed by atoms with Crippen molar-refractivity contribution in [3.05, 3.63) is 41.1 Å². The molecule has 0 bridgehead atoms. The molecule has 1 aromatic carbocycles. The first-order valence-corrected chi connectivity index (χ1v) is 8.77. The molecule has 1 N–H and O–H groups in total. The fraction of sp³-hybridized carbons (Fsp3) is 0.400. The van der Waals surface area contributed by atoms with Crippen molar-refractivity contribution < 1.29 is 21.6 Å². The van der Waals surface area contributed by atoms with Crippen LogP contribution in [0.4, 0.5) is 18.9 Å². The van der Waals surface area contributed by atoms with Gasteiger partial charge in [-0.05, 0) is 44.8 Å². The molecular formula is C15H19F3N4O2S. The first kappa shape index (κ1) is 19.3. The summed E-state index contributed by atoms with van der Waals surface area (Å²) in [4.78, 5) is 1.60. The number of aryl methyl sites for hydroxylation is 2. The van der Waals surface area contributed by atoms with Crippen molar-refractivity contribution in [1.82, 2.24) is 14.7 Å². The van der Waals surface area contributed by atoms with E-state index in [4.69, 9.17) is 0 Å². The van der Waals surface area contributed by atoms with E-state index < -0.39 is 21.8 Å². The van der Waals surface area contributed by atoms with E-state index in [0.717, 1.165) is 10.7 Å². The van der Waals surface area contributed by atoms with Gasteiger partial charge in [-0.25, -0.2) is 0 Å². The van der Waals surface area contributed by atoms with Gasteiger partial charge >= 0.3 is 6.18 Å². The normalized spacial score (nSPS) is 12.6. The lowest BCUT2D eigenvalue weighted by Crippen LogP contribution is -2.19. The Morgan fingerprint density at radius 1 is 1.24 bits per heavy atom. The van der Waals surface area contributed by atoms with E-state index in [-0.39, 0.29) is 22.8 Å². The van der Waals surface area contributed by atoms with Gasteiger partial charge in [-0.15, -0.1) is 0 Å². The average molecular weight is 376 g/mol. The zero-order valence-electron chi connectivity index (χ0n) is 14.2. The first-order valence-electron chi connectivity index (χ1n) is 7.28. The van der Waals surface area contributed by atoms with Crippen LogP contribution >= 0.6 is 0 Å². The van der Waals surface area contributed by atoms with E-state index in [1.807, 2.05) is 0 Å². The summed E-state index contributed by atoms with van der Waals surface area (Å²) in [6.45, 7) is 1.71. The van der Waals surface area contributed by atoms with Gasteiger partial charge in [0.25, 0.3) is 10.0 Å². The summed E-state index contributed by atoms with van der Waals surface area (Å²) in [7, 11) is 0.707. The second-order valence-corrected chi connectivity index (χ2v) is 7.59. The number of aromatic nitrogens is 2. The number of anilines is 1. The molecule has 25 heavy (non-hydrogen) atoms. The van der Waals surface area contributed by atoms with Crippen LogP contribution in [0.25, 0.3) is 0 Å². The molecule has 6 nitrogen and oxygen atoms in total. The Morgan fingerprint density at radius 2 is 1.88 bits per heavy atom. The molecule has 0 aliphatic carbocycles. The van der Waals surface area contributed by atoms with Gasteiger partial charge in [-0.1, -0.05) is 6.07 Å². The Morgan fingerprint density at radius 3 is 2.36 bits per heavy atom. The van der Waals surface area contributed by atoms with Crippen LogP contribution in [0.3, 0.4) is 0 Å². The van der Waals surface area contributed by atoms with Crippen LogP contribution in [0.2, 0.25) is 0 Å². The molecule has 0 atom stereocenters. The highest BCUT2D eigenvalue weighted by atomic mass is 32.2. The molecule has 0 spiro atoms. The molecule has 10 heteroatoms. The Balaban J connectivity index is 2.42. The standard InChI is InChI=1S/C15H19F3N4O2S/c1-10-7-14(22(4)19-10)25(23,24)20-12-6-5-11(9-21(2)3)13(8-12)15(16,17)18/h5-8,20H,9H2,1-4H3. The van der Waals surface area contributed by atoms with Crippen LogP contribution in [-0.4, -0.2) is 37.2 Å². The molecular weight excluding hydrogens is 357 g/mol. The number of alkyl halides is 3. The fourth-order valence-corrected chi connectivity index (χ4v) is 3.68. The van der Waals surface area contributed by atoms with E-state index >= 15 is 0 Å². The van der Waals surface area contributed by atoms with Gasteiger partial charge in [0.05, 0.1) is 11.3 Å². The van der Waals surface area contributed by atoms with Gasteiger partial charge in [0.15, 0.2) is 5.03 Å². The highest BCUT2D eigenvalue weighted by Crippen LogP contribution is 2.34. The smallest absolute Gasteiger partial charge is 0.305 e. The van der Waals surface area contributed by atoms with Crippen molar-refractivity contribution in [2.24, 2.45) is 7.05 Å². The maximum Gasteiger partial charge on any atom is 0.416 e. The average Bonchev–Trinajstić information content (AvgIpc) is 2.78. The predicted octanol–water partition coefficient (Wildman–Crippen LogP) is 2.61. The van der Waals surface area contributed by atoms with Crippen molar-refractivity contribution >= 4 is 15.7 Å². The van der Waals surface area contributed by atoms with Gasteiger partial charge in [-0.3, -0.25) is 9.40 Å². The number of nitrogens with zero attached hydrogens (tertiary/aromatic N) is 3. The topological polar surface area (TPSA) is 67.2 Å². The van der Waals surface area contributed by atoms with Gasteiger partial charge in [0.2, 0.25) is 0 Å². The van der Waals surface area contributed by atoms with E-state index in [9.17, 15) is 21.6 Å². The second kappa shape index (κ2) is 6.68. The molecule has 0 aliphatic rings. The molecule has 0 fully saturated rings. The minimum atomic E-state index is -4.59. The SMILES string of the molecule is Cc1cc(S(=O)(=O)Nc2ccc(CN(C)C)c(C(F)(F)F)c2)n(C)n1. The number of halogens is 3. The number of rotatable bonds is 5. The Labute approximate surface area is 144 Å². The van der Waals surface area contributed by atoms with Gasteiger partial charge in [0.1, 0.15) is 0 Å². The van der Waals surface area contributed by atoms with Crippen molar-refractivity contribution in [1.29, 1.82) is 0 Å². The monoisotopic (exact) mass is 376 g/mol. The Kier molecular flexibility index (Phi) is 5.14. The maximum atomic E-state index is 13.3. The highest BCUT2D eigenvalue weighted by molar-refractivity contribution is 7.92. The molecule has 0 aliphatic heterocycles. The van der Waals surface area contributed by atoms with E-state index in [0.29, 0.717) is 5.69 Å². The van der Waals surface area contributed by atoms with Crippen molar-refractivity contribution in [3.63, 3.8) is 0 Å². The predicted molar refractivity (Wildman–Crippen MR) is 87.6 cm³/mol. The molecule has 0 radical (unpaired) electrons. The second-order valence-electron chi connectivity index (χ2n) is 5.96. The molecule has 1 heterocycles. The zero-order valence-corrected chi connectivity index (χ0v) is 15.0. The molecule has 0 unspecified atom stereocenters. The number of sulfonamides is 1. The van der Waals surface area contributed by atoms with E-state index in [1.165, 1.54) is 25.2 Å². The minimum absolute atomic E-state index is 0.0665. The lowest BCUT2D eigenvalue weighted by molar-refractivity contribution is -0.138. The molecule has 0 saturated carbocycles. The van der Waals surface area contributed by atoms with E-state index in [2.05, 4.69) is 9.82 Å². The zero-order chi connectivity index (χ0) is 19.0. The summed E-state index contributed by atoms with van der Waals surface area (Å²) in [5, 5.41) is 3.81. The van der Waals surface area contributed by atoms with Crippen molar-refractivity contribution in [2.75, 3.05) is 18.8 Å². The third-order valence-corrected chi connectivity index (χ3v) is 4.83. The van der Waals surface area contributed by atoms with Crippen LogP contribution in [0, 0.1) is 6.92 Å².